The topological polar surface area (TPSA) is 9.23 Å². The molecule has 142 valence electrons. The first kappa shape index (κ1) is 19.0. The lowest BCUT2D eigenvalue weighted by Gasteiger charge is -2.30. The van der Waals surface area contributed by atoms with Gasteiger partial charge >= 0.3 is 0 Å². The Morgan fingerprint density at radius 1 is 0.552 bits per heavy atom. The first-order valence-corrected chi connectivity index (χ1v) is 11.9. The Balaban J connectivity index is 1.99. The first-order chi connectivity index (χ1) is 14.3. The van der Waals surface area contributed by atoms with E-state index >= 15 is 0 Å². The maximum atomic E-state index is 5.59. The van der Waals surface area contributed by atoms with Crippen LogP contribution < -0.4 is 20.3 Å². The number of para-hydroxylation sites is 1. The van der Waals surface area contributed by atoms with Crippen molar-refractivity contribution in [2.24, 2.45) is 0 Å². The Kier molecular flexibility index (Phi) is 5.73. The van der Waals surface area contributed by atoms with E-state index in [1.165, 1.54) is 15.6 Å². The van der Waals surface area contributed by atoms with Gasteiger partial charge in [0, 0.05) is 5.56 Å². The van der Waals surface area contributed by atoms with Crippen LogP contribution in [0.5, 0.6) is 5.75 Å². The van der Waals surface area contributed by atoms with Crippen molar-refractivity contribution < 1.29 is 4.74 Å². The first-order valence-electron chi connectivity index (χ1n) is 9.83. The molecular weight excluding hydrogens is 368 g/mol. The Labute approximate surface area is 174 Å². The summed E-state index contributed by atoms with van der Waals surface area (Å²) in [6.07, 6.45) is 2.23. The van der Waals surface area contributed by atoms with E-state index in [2.05, 4.69) is 115 Å². The normalized spacial score (nSPS) is 11.5. The predicted molar refractivity (Wildman–Crippen MR) is 126 cm³/mol. The van der Waals surface area contributed by atoms with Crippen LogP contribution in [0.1, 0.15) is 5.56 Å². The smallest absolute Gasteiger partial charge is 0.172 e. The van der Waals surface area contributed by atoms with Crippen LogP contribution in [0, 0.1) is 0 Å². The molecular formula is C27H24OSi. The lowest BCUT2D eigenvalue weighted by molar-refractivity contribution is 0.414. The minimum Gasteiger partial charge on any atom is -0.496 e. The summed E-state index contributed by atoms with van der Waals surface area (Å²) in [6, 6.07) is 40.8. The van der Waals surface area contributed by atoms with Crippen molar-refractivity contribution in [2.75, 3.05) is 7.11 Å². The van der Waals surface area contributed by atoms with E-state index in [1.807, 2.05) is 12.1 Å². The number of ether oxygens (including phenoxy) is 1. The Morgan fingerprint density at radius 3 is 1.41 bits per heavy atom. The molecule has 0 fully saturated rings. The number of methoxy groups -OCH3 is 1. The maximum absolute atomic E-state index is 5.59. The zero-order chi connectivity index (χ0) is 19.9. The van der Waals surface area contributed by atoms with Crippen molar-refractivity contribution in [3.05, 3.63) is 127 Å². The van der Waals surface area contributed by atoms with E-state index < -0.39 is 8.07 Å². The van der Waals surface area contributed by atoms with Crippen molar-refractivity contribution >= 4 is 29.7 Å². The molecule has 0 aliphatic carbocycles. The number of rotatable bonds is 6. The van der Waals surface area contributed by atoms with Gasteiger partial charge in [0.15, 0.2) is 8.07 Å². The number of hydrogen-bond donors (Lipinski definition) is 0. The number of benzene rings is 4. The van der Waals surface area contributed by atoms with Crippen LogP contribution >= 0.6 is 0 Å². The summed E-state index contributed by atoms with van der Waals surface area (Å²) in [5.74, 6) is 0.890. The summed E-state index contributed by atoms with van der Waals surface area (Å²) in [5, 5.41) is 4.09. The van der Waals surface area contributed by atoms with Crippen molar-refractivity contribution in [1.82, 2.24) is 0 Å². The predicted octanol–water partition coefficient (Wildman–Crippen LogP) is 4.42. The molecule has 0 bridgehead atoms. The molecule has 0 heterocycles. The average molecular weight is 393 g/mol. The highest BCUT2D eigenvalue weighted by Gasteiger charge is 2.36. The highest BCUT2D eigenvalue weighted by atomic mass is 28.3. The van der Waals surface area contributed by atoms with Crippen LogP contribution in [0.4, 0.5) is 0 Å². The van der Waals surface area contributed by atoms with Gasteiger partial charge in [-0.1, -0.05) is 121 Å². The second-order valence-electron chi connectivity index (χ2n) is 6.98. The molecule has 0 amide bonds. The second kappa shape index (κ2) is 8.76. The molecule has 2 heteroatoms. The molecule has 4 aromatic carbocycles. The standard InChI is InChI=1S/C27H24OSi/c1-28-27-20-12-11-13-23(27)21-22-29(24-14-5-2-6-15-24,25-16-7-3-8-17-25)26-18-9-4-10-19-26/h2-22H,1H3. The minimum absolute atomic E-state index is 0.890. The third-order valence-corrected chi connectivity index (χ3v) is 9.74. The van der Waals surface area contributed by atoms with Crippen LogP contribution in [0.3, 0.4) is 0 Å². The van der Waals surface area contributed by atoms with Crippen LogP contribution in [-0.4, -0.2) is 15.2 Å². The van der Waals surface area contributed by atoms with E-state index in [4.69, 9.17) is 4.74 Å². The highest BCUT2D eigenvalue weighted by Crippen LogP contribution is 2.20. The van der Waals surface area contributed by atoms with Gasteiger partial charge in [0.1, 0.15) is 5.75 Å². The van der Waals surface area contributed by atoms with Gasteiger partial charge < -0.3 is 4.74 Å². The van der Waals surface area contributed by atoms with Crippen molar-refractivity contribution in [3.63, 3.8) is 0 Å². The zero-order valence-corrected chi connectivity index (χ0v) is 17.5. The minimum atomic E-state index is -2.38. The molecule has 4 aromatic rings. The summed E-state index contributed by atoms with van der Waals surface area (Å²) in [6.45, 7) is 0. The van der Waals surface area contributed by atoms with Gasteiger partial charge in [-0.3, -0.25) is 0 Å². The largest absolute Gasteiger partial charge is 0.496 e. The van der Waals surface area contributed by atoms with Gasteiger partial charge in [-0.15, -0.1) is 0 Å². The molecule has 0 saturated carbocycles. The van der Waals surface area contributed by atoms with Crippen LogP contribution in [0.15, 0.2) is 121 Å². The molecule has 0 N–H and O–H groups in total. The van der Waals surface area contributed by atoms with Crippen LogP contribution in [0.25, 0.3) is 6.08 Å². The molecule has 0 atom stereocenters. The quantitative estimate of drug-likeness (QED) is 0.349. The van der Waals surface area contributed by atoms with Gasteiger partial charge in [0.2, 0.25) is 0 Å². The summed E-state index contributed by atoms with van der Waals surface area (Å²) in [4.78, 5) is 0. The summed E-state index contributed by atoms with van der Waals surface area (Å²) in [7, 11) is -0.653. The summed E-state index contributed by atoms with van der Waals surface area (Å²) >= 11 is 0. The van der Waals surface area contributed by atoms with Gasteiger partial charge in [-0.2, -0.15) is 0 Å². The summed E-state index contributed by atoms with van der Waals surface area (Å²) in [5.41, 5.74) is 3.53. The van der Waals surface area contributed by atoms with Crippen molar-refractivity contribution in [1.29, 1.82) is 0 Å². The van der Waals surface area contributed by atoms with Gasteiger partial charge in [-0.05, 0) is 21.6 Å². The van der Waals surface area contributed by atoms with Crippen LogP contribution in [-0.2, 0) is 0 Å². The van der Waals surface area contributed by atoms with Gasteiger partial charge in [0.05, 0.1) is 7.11 Å². The maximum Gasteiger partial charge on any atom is 0.172 e. The molecule has 0 aliphatic rings. The number of hydrogen-bond acceptors (Lipinski definition) is 1. The summed E-state index contributed by atoms with van der Waals surface area (Å²) < 4.78 is 5.59. The Morgan fingerprint density at radius 2 is 0.966 bits per heavy atom. The molecule has 1 nitrogen and oxygen atoms in total. The van der Waals surface area contributed by atoms with Crippen molar-refractivity contribution in [2.45, 2.75) is 0 Å². The van der Waals surface area contributed by atoms with E-state index in [-0.39, 0.29) is 0 Å². The molecule has 0 radical (unpaired) electrons. The average Bonchev–Trinajstić information content (AvgIpc) is 2.82. The Hall–Kier alpha value is -3.36. The van der Waals surface area contributed by atoms with E-state index in [0.717, 1.165) is 11.3 Å². The lowest BCUT2D eigenvalue weighted by atomic mass is 10.2. The van der Waals surface area contributed by atoms with Crippen molar-refractivity contribution in [3.8, 4) is 5.75 Å². The molecule has 29 heavy (non-hydrogen) atoms. The fraction of sp³-hybridized carbons (Fsp3) is 0.0370. The third kappa shape index (κ3) is 3.80. The molecule has 4 rings (SSSR count). The fourth-order valence-corrected chi connectivity index (χ4v) is 8.07. The molecule has 0 spiro atoms. The Bertz CT molecular complexity index is 976. The van der Waals surface area contributed by atoms with E-state index in [9.17, 15) is 0 Å². The fourth-order valence-electron chi connectivity index (χ4n) is 3.91. The SMILES string of the molecule is COc1ccccc1C=C[Si](c1ccccc1)(c1ccccc1)c1ccccc1. The molecule has 0 aliphatic heterocycles. The molecule has 0 unspecified atom stereocenters. The van der Waals surface area contributed by atoms with E-state index in [0.29, 0.717) is 0 Å². The van der Waals surface area contributed by atoms with Crippen LogP contribution in [0.2, 0.25) is 0 Å². The van der Waals surface area contributed by atoms with E-state index in [1.54, 1.807) is 7.11 Å². The second-order valence-corrected chi connectivity index (χ2v) is 10.7. The molecule has 0 saturated heterocycles. The van der Waals surface area contributed by atoms with Gasteiger partial charge in [0.25, 0.3) is 0 Å². The molecule has 0 aromatic heterocycles. The van der Waals surface area contributed by atoms with Gasteiger partial charge in [-0.25, -0.2) is 0 Å². The zero-order valence-electron chi connectivity index (χ0n) is 16.5. The highest BCUT2D eigenvalue weighted by molar-refractivity contribution is 7.15. The third-order valence-electron chi connectivity index (χ3n) is 5.34. The monoisotopic (exact) mass is 392 g/mol. The lowest BCUT2D eigenvalue weighted by Crippen LogP contribution is -2.66.